The first-order valence-electron chi connectivity index (χ1n) is 1.20. The van der Waals surface area contributed by atoms with E-state index in [2.05, 4.69) is 0 Å². The molecule has 0 spiro atoms. The summed E-state index contributed by atoms with van der Waals surface area (Å²) in [4.78, 5) is 9.44. The largest absolute Gasteiger partial charge is 2.00 e. The molecule has 0 bridgehead atoms. The fourth-order valence-corrected chi connectivity index (χ4v) is 0. The Hall–Kier alpha value is 0.969. The van der Waals surface area contributed by atoms with Gasteiger partial charge in [-0.05, 0) is 13.8 Å². The third-order valence-corrected chi connectivity index (χ3v) is 0. The Balaban J connectivity index is -0.00000000750. The van der Waals surface area contributed by atoms with E-state index < -0.39 is 0 Å². The van der Waals surface area contributed by atoms with E-state index in [1.165, 1.54) is 13.8 Å². The molecule has 0 aromatic rings. The summed E-state index contributed by atoms with van der Waals surface area (Å²) in [6.45, 7) is 3.06. The Labute approximate surface area is 67.7 Å². The monoisotopic (exact) mass is 114 g/mol. The van der Waals surface area contributed by atoms with Crippen LogP contribution < -0.4 is 0 Å². The molecule has 0 unspecified atom stereocenters. The van der Waals surface area contributed by atoms with Crippen molar-refractivity contribution >= 4 is 46.2 Å². The smallest absolute Gasteiger partial charge is 1.00 e. The van der Waals surface area contributed by atoms with Crippen molar-refractivity contribution in [2.75, 3.05) is 0 Å². The number of ketones is 1. The minimum absolute atomic E-state index is 0. The summed E-state index contributed by atoms with van der Waals surface area (Å²) < 4.78 is 0. The van der Waals surface area contributed by atoms with E-state index in [0.717, 1.165) is 0 Å². The van der Waals surface area contributed by atoms with Gasteiger partial charge in [0.05, 0.1) is 0 Å². The van der Waals surface area contributed by atoms with Gasteiger partial charge in [0.15, 0.2) is 17.4 Å². The van der Waals surface area contributed by atoms with Crippen LogP contribution in [-0.4, -0.2) is 46.2 Å². The molecule has 0 N–H and O–H groups in total. The van der Waals surface area contributed by atoms with Gasteiger partial charge in [-0.1, -0.05) is 0 Å². The molecule has 6 heavy (non-hydrogen) atoms. The second-order valence-electron chi connectivity index (χ2n) is 0.908. The molecule has 0 aliphatic heterocycles. The normalized spacial score (nSPS) is 4.33. The topological polar surface area (TPSA) is 17.1 Å². The molecule has 0 aliphatic rings. The van der Waals surface area contributed by atoms with Gasteiger partial charge >= 0.3 is 23.1 Å². The van der Waals surface area contributed by atoms with E-state index >= 15 is 0 Å². The van der Waals surface area contributed by atoms with Crippen molar-refractivity contribution in [2.24, 2.45) is 0 Å². The Morgan fingerprint density at radius 3 is 1.50 bits per heavy atom. The van der Waals surface area contributed by atoms with Gasteiger partial charge in [0, 0.05) is 0 Å². The maximum Gasteiger partial charge on any atom is 2.00 e. The second-order valence-corrected chi connectivity index (χ2v) is 0.908. The minimum atomic E-state index is 0. The Morgan fingerprint density at radius 1 is 1.50 bits per heavy atom. The van der Waals surface area contributed by atoms with Crippen LogP contribution in [0.4, 0.5) is 0 Å². The fraction of sp³-hybridized carbons (Fsp3) is 0.667. The van der Waals surface area contributed by atoms with E-state index in [0.29, 0.717) is 0 Å². The Bertz CT molecular complexity index is 40.3. The van der Waals surface area contributed by atoms with Crippen LogP contribution in [0.3, 0.4) is 0 Å². The zero-order valence-corrected chi connectivity index (χ0v) is 5.03. The van der Waals surface area contributed by atoms with Crippen LogP contribution >= 0.6 is 0 Å². The molecule has 0 atom stereocenters. The molecule has 0 amide bonds. The van der Waals surface area contributed by atoms with Crippen LogP contribution in [-0.2, 0) is 4.79 Å². The SMILES string of the molecule is CC(C)=O.[AlH3].[H-].[H-].[Mg+2]. The fourth-order valence-electron chi connectivity index (χ4n) is 0. The summed E-state index contributed by atoms with van der Waals surface area (Å²) in [6.07, 6.45) is 0. The first-order chi connectivity index (χ1) is 1.73. The maximum atomic E-state index is 9.44. The summed E-state index contributed by atoms with van der Waals surface area (Å²) in [5.41, 5.74) is 0. The molecule has 0 rings (SSSR count). The first-order valence-corrected chi connectivity index (χ1v) is 1.20. The van der Waals surface area contributed by atoms with Gasteiger partial charge in [-0.25, -0.2) is 0 Å². The second kappa shape index (κ2) is 9.36. The predicted molar refractivity (Wildman–Crippen MR) is 34.3 cm³/mol. The number of hydrogen-bond donors (Lipinski definition) is 0. The van der Waals surface area contributed by atoms with E-state index in [1.807, 2.05) is 0 Å². The van der Waals surface area contributed by atoms with Gasteiger partial charge in [0.1, 0.15) is 5.78 Å². The van der Waals surface area contributed by atoms with Gasteiger partial charge in [-0.15, -0.1) is 0 Å². The molecule has 0 saturated carbocycles. The molecule has 0 aliphatic carbocycles. The van der Waals surface area contributed by atoms with Crippen molar-refractivity contribution in [1.29, 1.82) is 0 Å². The van der Waals surface area contributed by atoms with Crippen LogP contribution in [0.2, 0.25) is 0 Å². The van der Waals surface area contributed by atoms with E-state index in [-0.39, 0.29) is 49.1 Å². The summed E-state index contributed by atoms with van der Waals surface area (Å²) in [7, 11) is 0. The van der Waals surface area contributed by atoms with Crippen LogP contribution in [0.5, 0.6) is 0 Å². The summed E-state index contributed by atoms with van der Waals surface area (Å²) in [5.74, 6) is 0.167. The van der Waals surface area contributed by atoms with Crippen molar-refractivity contribution in [2.45, 2.75) is 13.8 Å². The number of carbonyl (C=O) groups is 1. The standard InChI is InChI=1S/C3H6O.Al.Mg.5H/c1-3(2)4;;;;;;;/h1-2H3;;;;;;;/q;;+2;;;;2*-1. The summed E-state index contributed by atoms with van der Waals surface area (Å²) >= 11 is 0. The van der Waals surface area contributed by atoms with Gasteiger partial charge in [-0.2, -0.15) is 0 Å². The first kappa shape index (κ1) is 15.8. The molecular weight excluding hydrogens is 103 g/mol. The third-order valence-electron chi connectivity index (χ3n) is 0. The van der Waals surface area contributed by atoms with Crippen LogP contribution in [0.15, 0.2) is 0 Å². The van der Waals surface area contributed by atoms with Crippen molar-refractivity contribution < 1.29 is 7.65 Å². The van der Waals surface area contributed by atoms with Gasteiger partial charge in [0.2, 0.25) is 0 Å². The van der Waals surface area contributed by atoms with E-state index in [4.69, 9.17) is 0 Å². The Morgan fingerprint density at radius 2 is 1.50 bits per heavy atom. The van der Waals surface area contributed by atoms with E-state index in [9.17, 15) is 4.79 Å². The molecule has 1 nitrogen and oxygen atoms in total. The zero-order valence-electron chi connectivity index (χ0n) is 5.62. The quantitative estimate of drug-likeness (QED) is 0.379. The molecule has 0 radical (unpaired) electrons. The van der Waals surface area contributed by atoms with Crippen molar-refractivity contribution in [3.05, 3.63) is 0 Å². The van der Waals surface area contributed by atoms with Gasteiger partial charge in [0.25, 0.3) is 0 Å². The van der Waals surface area contributed by atoms with Crippen LogP contribution in [0.1, 0.15) is 16.7 Å². The van der Waals surface area contributed by atoms with E-state index in [1.54, 1.807) is 0 Å². The van der Waals surface area contributed by atoms with Crippen LogP contribution in [0, 0.1) is 0 Å². The number of carbonyl (C=O) groups excluding carboxylic acids is 1. The zero-order chi connectivity index (χ0) is 3.58. The molecular formula is C3H11AlMgO. The van der Waals surface area contributed by atoms with Crippen molar-refractivity contribution in [3.63, 3.8) is 0 Å². The van der Waals surface area contributed by atoms with Gasteiger partial charge in [-0.3, -0.25) is 0 Å². The molecule has 0 heterocycles. The minimum Gasteiger partial charge on any atom is -1.00 e. The maximum absolute atomic E-state index is 9.44. The Kier molecular flexibility index (Phi) is 24.6. The number of Topliss-reactive ketones (excluding diaryl/α,β-unsaturated/α-hetero) is 1. The van der Waals surface area contributed by atoms with Gasteiger partial charge < -0.3 is 7.65 Å². The molecule has 3 heteroatoms. The third kappa shape index (κ3) is 83.4. The summed E-state index contributed by atoms with van der Waals surface area (Å²) in [5, 5.41) is 0. The molecule has 0 saturated heterocycles. The average molecular weight is 114 g/mol. The molecule has 0 aromatic heterocycles. The predicted octanol–water partition coefficient (Wildman–Crippen LogP) is -0.744. The average Bonchev–Trinajstić information content (AvgIpc) is 0.811. The number of hydrogen-bond acceptors (Lipinski definition) is 1. The summed E-state index contributed by atoms with van der Waals surface area (Å²) in [6, 6.07) is 0. The van der Waals surface area contributed by atoms with Crippen LogP contribution in [0.25, 0.3) is 0 Å². The van der Waals surface area contributed by atoms with Crippen molar-refractivity contribution in [1.82, 2.24) is 0 Å². The molecule has 0 aromatic carbocycles. The molecule has 34 valence electrons. The molecule has 0 fully saturated rings. The van der Waals surface area contributed by atoms with Crippen molar-refractivity contribution in [3.8, 4) is 0 Å². The number of rotatable bonds is 0.